The van der Waals surface area contributed by atoms with E-state index < -0.39 is 5.92 Å². The van der Waals surface area contributed by atoms with Crippen molar-refractivity contribution in [2.75, 3.05) is 16.8 Å². The summed E-state index contributed by atoms with van der Waals surface area (Å²) in [7, 11) is 0. The highest BCUT2D eigenvalue weighted by Crippen LogP contribution is 2.28. The highest BCUT2D eigenvalue weighted by atomic mass is 16.5. The van der Waals surface area contributed by atoms with Crippen molar-refractivity contribution in [2.45, 2.75) is 26.4 Å². The third-order valence-electron chi connectivity index (χ3n) is 4.30. The van der Waals surface area contributed by atoms with Crippen molar-refractivity contribution < 1.29 is 14.3 Å². The van der Waals surface area contributed by atoms with E-state index in [1.807, 2.05) is 44.2 Å². The Kier molecular flexibility index (Phi) is 5.41. The van der Waals surface area contributed by atoms with Gasteiger partial charge in [-0.05, 0) is 62.4 Å². The van der Waals surface area contributed by atoms with Crippen LogP contribution >= 0.6 is 0 Å². The fourth-order valence-corrected chi connectivity index (χ4v) is 2.98. The van der Waals surface area contributed by atoms with E-state index in [-0.39, 0.29) is 24.3 Å². The number of rotatable bonds is 5. The van der Waals surface area contributed by atoms with E-state index in [2.05, 4.69) is 5.32 Å². The third kappa shape index (κ3) is 4.45. The molecule has 27 heavy (non-hydrogen) atoms. The average Bonchev–Trinajstić information content (AvgIpc) is 3.04. The molecule has 6 heteroatoms. The van der Waals surface area contributed by atoms with Gasteiger partial charge in [-0.3, -0.25) is 9.59 Å². The van der Waals surface area contributed by atoms with E-state index in [9.17, 15) is 9.59 Å². The second kappa shape index (κ2) is 7.92. The Morgan fingerprint density at radius 2 is 1.85 bits per heavy atom. The van der Waals surface area contributed by atoms with Crippen LogP contribution in [-0.2, 0) is 9.59 Å². The van der Waals surface area contributed by atoms with Crippen LogP contribution in [0.5, 0.6) is 5.75 Å². The number of ether oxygens (including phenoxy) is 1. The first-order valence-corrected chi connectivity index (χ1v) is 8.84. The molecule has 0 aliphatic carbocycles. The molecule has 0 aromatic heterocycles. The van der Waals surface area contributed by atoms with Crippen LogP contribution in [0.2, 0.25) is 0 Å². The maximum absolute atomic E-state index is 12.5. The maximum Gasteiger partial charge on any atom is 0.229 e. The van der Waals surface area contributed by atoms with Gasteiger partial charge in [0.2, 0.25) is 11.8 Å². The van der Waals surface area contributed by atoms with Gasteiger partial charge in [0.05, 0.1) is 23.7 Å². The van der Waals surface area contributed by atoms with Crippen molar-refractivity contribution in [3.63, 3.8) is 0 Å². The molecule has 1 fully saturated rings. The molecular formula is C21H21N3O3. The predicted octanol–water partition coefficient (Wildman–Crippen LogP) is 3.34. The van der Waals surface area contributed by atoms with Crippen LogP contribution in [0, 0.1) is 17.2 Å². The summed E-state index contributed by atoms with van der Waals surface area (Å²) in [5.41, 5.74) is 1.89. The molecular weight excluding hydrogens is 342 g/mol. The summed E-state index contributed by atoms with van der Waals surface area (Å²) >= 11 is 0. The van der Waals surface area contributed by atoms with Gasteiger partial charge in [0.15, 0.2) is 0 Å². The van der Waals surface area contributed by atoms with Crippen LogP contribution in [-0.4, -0.2) is 24.5 Å². The van der Waals surface area contributed by atoms with Gasteiger partial charge in [-0.2, -0.15) is 5.26 Å². The zero-order valence-electron chi connectivity index (χ0n) is 15.3. The fourth-order valence-electron chi connectivity index (χ4n) is 2.98. The summed E-state index contributed by atoms with van der Waals surface area (Å²) in [4.78, 5) is 26.5. The van der Waals surface area contributed by atoms with Gasteiger partial charge >= 0.3 is 0 Å². The number of nitrogens with zero attached hydrogens (tertiary/aromatic N) is 2. The largest absolute Gasteiger partial charge is 0.491 e. The second-order valence-corrected chi connectivity index (χ2v) is 6.74. The smallest absolute Gasteiger partial charge is 0.229 e. The SMILES string of the molecule is CC(C)Oc1ccc(N2CC(C(=O)Nc3ccc(C#N)cc3)CC2=O)cc1. The zero-order chi connectivity index (χ0) is 19.4. The first-order valence-electron chi connectivity index (χ1n) is 8.84. The van der Waals surface area contributed by atoms with E-state index in [4.69, 9.17) is 10.00 Å². The molecule has 3 rings (SSSR count). The summed E-state index contributed by atoms with van der Waals surface area (Å²) in [5, 5.41) is 11.6. The number of carbonyl (C=O) groups excluding carboxylic acids is 2. The van der Waals surface area contributed by atoms with E-state index >= 15 is 0 Å². The minimum Gasteiger partial charge on any atom is -0.491 e. The van der Waals surface area contributed by atoms with Crippen molar-refractivity contribution in [3.8, 4) is 11.8 Å². The normalized spacial score (nSPS) is 16.3. The minimum absolute atomic E-state index is 0.0764. The van der Waals surface area contributed by atoms with E-state index in [0.717, 1.165) is 11.4 Å². The maximum atomic E-state index is 12.5. The number of nitriles is 1. The van der Waals surface area contributed by atoms with Gasteiger partial charge in [-0.25, -0.2) is 0 Å². The van der Waals surface area contributed by atoms with Crippen molar-refractivity contribution in [3.05, 3.63) is 54.1 Å². The summed E-state index contributed by atoms with van der Waals surface area (Å²) in [5.74, 6) is 0.0538. The minimum atomic E-state index is -0.417. The van der Waals surface area contributed by atoms with Gasteiger partial charge in [-0.1, -0.05) is 0 Å². The molecule has 0 radical (unpaired) electrons. The summed E-state index contributed by atoms with van der Waals surface area (Å²) in [6.45, 7) is 4.25. The van der Waals surface area contributed by atoms with Crippen molar-refractivity contribution in [1.29, 1.82) is 5.26 Å². The molecule has 1 unspecified atom stereocenters. The van der Waals surface area contributed by atoms with Crippen LogP contribution in [0.1, 0.15) is 25.8 Å². The molecule has 2 aromatic rings. The van der Waals surface area contributed by atoms with Crippen LogP contribution in [0.25, 0.3) is 0 Å². The standard InChI is InChI=1S/C21H21N3O3/c1-14(2)27-19-9-7-18(8-10-19)24-13-16(11-20(24)25)21(26)23-17-5-3-15(12-22)4-6-17/h3-10,14,16H,11,13H2,1-2H3,(H,23,26). The molecule has 1 aliphatic heterocycles. The molecule has 2 aromatic carbocycles. The lowest BCUT2D eigenvalue weighted by atomic mass is 10.1. The van der Waals surface area contributed by atoms with Gasteiger partial charge in [0.1, 0.15) is 5.75 Å². The first kappa shape index (κ1) is 18.5. The molecule has 138 valence electrons. The van der Waals surface area contributed by atoms with Crippen molar-refractivity contribution in [1.82, 2.24) is 0 Å². The molecule has 1 heterocycles. The quantitative estimate of drug-likeness (QED) is 0.883. The Balaban J connectivity index is 1.63. The van der Waals surface area contributed by atoms with Crippen LogP contribution in [0.15, 0.2) is 48.5 Å². The Morgan fingerprint density at radius 1 is 1.19 bits per heavy atom. The Bertz CT molecular complexity index is 867. The second-order valence-electron chi connectivity index (χ2n) is 6.74. The molecule has 0 bridgehead atoms. The van der Waals surface area contributed by atoms with E-state index in [0.29, 0.717) is 17.8 Å². The Labute approximate surface area is 158 Å². The van der Waals surface area contributed by atoms with E-state index in [1.165, 1.54) is 0 Å². The average molecular weight is 363 g/mol. The summed E-state index contributed by atoms with van der Waals surface area (Å²) in [6, 6.07) is 16.0. The number of anilines is 2. The van der Waals surface area contributed by atoms with Crippen LogP contribution in [0.4, 0.5) is 11.4 Å². The van der Waals surface area contributed by atoms with Gasteiger partial charge in [0.25, 0.3) is 0 Å². The first-order chi connectivity index (χ1) is 13.0. The van der Waals surface area contributed by atoms with Gasteiger partial charge in [0, 0.05) is 24.3 Å². The lowest BCUT2D eigenvalue weighted by molar-refractivity contribution is -0.122. The molecule has 0 spiro atoms. The number of benzene rings is 2. The number of nitrogens with one attached hydrogen (secondary N) is 1. The zero-order valence-corrected chi connectivity index (χ0v) is 15.3. The molecule has 1 atom stereocenters. The summed E-state index contributed by atoms with van der Waals surface area (Å²) in [6.07, 6.45) is 0.256. The molecule has 0 saturated carbocycles. The predicted molar refractivity (Wildman–Crippen MR) is 102 cm³/mol. The van der Waals surface area contributed by atoms with Crippen molar-refractivity contribution in [2.24, 2.45) is 5.92 Å². The van der Waals surface area contributed by atoms with Gasteiger partial charge in [-0.15, -0.1) is 0 Å². The topological polar surface area (TPSA) is 82.4 Å². The van der Waals surface area contributed by atoms with Gasteiger partial charge < -0.3 is 15.0 Å². The molecule has 1 saturated heterocycles. The Hall–Kier alpha value is -3.33. The van der Waals surface area contributed by atoms with Crippen LogP contribution < -0.4 is 15.0 Å². The Morgan fingerprint density at radius 3 is 2.44 bits per heavy atom. The third-order valence-corrected chi connectivity index (χ3v) is 4.30. The van der Waals surface area contributed by atoms with Crippen molar-refractivity contribution >= 4 is 23.2 Å². The molecule has 1 N–H and O–H groups in total. The fraction of sp³-hybridized carbons (Fsp3) is 0.286. The van der Waals surface area contributed by atoms with Crippen LogP contribution in [0.3, 0.4) is 0 Å². The molecule has 2 amide bonds. The number of hydrogen-bond acceptors (Lipinski definition) is 4. The number of hydrogen-bond donors (Lipinski definition) is 1. The monoisotopic (exact) mass is 363 g/mol. The number of amides is 2. The summed E-state index contributed by atoms with van der Waals surface area (Å²) < 4.78 is 5.61. The lowest BCUT2D eigenvalue weighted by Gasteiger charge is -2.18. The lowest BCUT2D eigenvalue weighted by Crippen LogP contribution is -2.28. The highest BCUT2D eigenvalue weighted by molar-refractivity contribution is 6.03. The molecule has 6 nitrogen and oxygen atoms in total. The molecule has 1 aliphatic rings. The van der Waals surface area contributed by atoms with E-state index in [1.54, 1.807) is 29.2 Å². The number of carbonyl (C=O) groups is 2. The highest BCUT2D eigenvalue weighted by Gasteiger charge is 2.35.